The van der Waals surface area contributed by atoms with E-state index >= 15 is 0 Å². The van der Waals surface area contributed by atoms with Crippen molar-refractivity contribution in [3.8, 4) is 0 Å². The van der Waals surface area contributed by atoms with Gasteiger partial charge in [0.25, 0.3) is 0 Å². The molecule has 7 heteroatoms. The summed E-state index contributed by atoms with van der Waals surface area (Å²) in [6, 6.07) is 4.37. The number of carbonyl (C=O) groups is 1. The van der Waals surface area contributed by atoms with Crippen molar-refractivity contribution in [2.45, 2.75) is 0 Å². The molecule has 1 aromatic rings. The van der Waals surface area contributed by atoms with Crippen LogP contribution in [0.3, 0.4) is 0 Å². The van der Waals surface area contributed by atoms with Gasteiger partial charge in [-0.1, -0.05) is 42.1 Å². The van der Waals surface area contributed by atoms with E-state index in [1.807, 2.05) is 0 Å². The van der Waals surface area contributed by atoms with Crippen LogP contribution in [0.2, 0.25) is 10.0 Å². The van der Waals surface area contributed by atoms with Crippen molar-refractivity contribution in [3.63, 3.8) is 0 Å². The van der Waals surface area contributed by atoms with Gasteiger partial charge in [-0.05, 0) is 12.1 Å². The fourth-order valence-electron chi connectivity index (χ4n) is 1.03. The van der Waals surface area contributed by atoms with Crippen molar-refractivity contribution >= 4 is 47.7 Å². The molecule has 0 atom stereocenters. The number of anilines is 1. The first-order valence-electron chi connectivity index (χ1n) is 4.39. The molecule has 0 heterocycles. The topological polar surface area (TPSA) is 52.6 Å². The maximum Gasteiger partial charge on any atom is 0.332 e. The Hall–Kier alpha value is -0.620. The Labute approximate surface area is 109 Å². The highest BCUT2D eigenvalue weighted by Gasteiger charge is 2.17. The van der Waals surface area contributed by atoms with E-state index in [0.29, 0.717) is 15.7 Å². The number of carbonyl (C=O) groups excluding carboxylic acids is 1. The quantitative estimate of drug-likeness (QED) is 0.745. The van der Waals surface area contributed by atoms with E-state index in [4.69, 9.17) is 28.3 Å². The standard InChI is InChI=1S/C9H10Cl2N2O2S/c10-6-2-1-3-7(11)8(6)13(16)9(15)12-4-5-14/h1-3,14,16H,4-5H2,(H,12,15). The lowest BCUT2D eigenvalue weighted by Crippen LogP contribution is -2.35. The highest BCUT2D eigenvalue weighted by atomic mass is 35.5. The predicted octanol–water partition coefficient (Wildman–Crippen LogP) is 2.35. The van der Waals surface area contributed by atoms with Crippen molar-refractivity contribution in [2.24, 2.45) is 0 Å². The van der Waals surface area contributed by atoms with Gasteiger partial charge in [0.2, 0.25) is 0 Å². The predicted molar refractivity (Wildman–Crippen MR) is 68.4 cm³/mol. The molecule has 0 radical (unpaired) electrons. The Kier molecular flexibility index (Phi) is 5.21. The summed E-state index contributed by atoms with van der Waals surface area (Å²) in [5.74, 6) is 0. The number of nitrogens with one attached hydrogen (secondary N) is 1. The fourth-order valence-corrected chi connectivity index (χ4v) is 2.00. The molecule has 88 valence electrons. The highest BCUT2D eigenvalue weighted by Crippen LogP contribution is 2.34. The first-order chi connectivity index (χ1) is 7.57. The first-order valence-corrected chi connectivity index (χ1v) is 5.55. The van der Waals surface area contributed by atoms with E-state index in [2.05, 4.69) is 18.1 Å². The van der Waals surface area contributed by atoms with Crippen LogP contribution in [0.5, 0.6) is 0 Å². The molecule has 0 spiro atoms. The molecule has 0 aliphatic heterocycles. The van der Waals surface area contributed by atoms with Gasteiger partial charge in [0.15, 0.2) is 0 Å². The van der Waals surface area contributed by atoms with Gasteiger partial charge in [-0.2, -0.15) is 0 Å². The number of halogens is 2. The van der Waals surface area contributed by atoms with Gasteiger partial charge in [0.1, 0.15) is 0 Å². The van der Waals surface area contributed by atoms with Gasteiger partial charge in [0.05, 0.1) is 22.3 Å². The molecule has 16 heavy (non-hydrogen) atoms. The number of amides is 2. The summed E-state index contributed by atoms with van der Waals surface area (Å²) >= 11 is 15.8. The number of benzene rings is 1. The van der Waals surface area contributed by atoms with Crippen LogP contribution in [0.4, 0.5) is 10.5 Å². The number of rotatable bonds is 3. The van der Waals surface area contributed by atoms with Crippen LogP contribution >= 0.6 is 36.0 Å². The smallest absolute Gasteiger partial charge is 0.332 e. The van der Waals surface area contributed by atoms with E-state index in [1.165, 1.54) is 0 Å². The number of urea groups is 1. The summed E-state index contributed by atoms with van der Waals surface area (Å²) < 4.78 is 1.00. The molecule has 1 rings (SSSR count). The molecule has 0 bridgehead atoms. The minimum atomic E-state index is -0.507. The molecular formula is C9H10Cl2N2O2S. The molecule has 0 aliphatic carbocycles. The maximum atomic E-state index is 11.5. The average molecular weight is 281 g/mol. The van der Waals surface area contributed by atoms with Gasteiger partial charge >= 0.3 is 6.03 Å². The van der Waals surface area contributed by atoms with Gasteiger partial charge in [0, 0.05) is 6.54 Å². The number of aliphatic hydroxyl groups excluding tert-OH is 1. The molecule has 0 saturated carbocycles. The molecule has 0 fully saturated rings. The highest BCUT2D eigenvalue weighted by molar-refractivity contribution is 7.82. The summed E-state index contributed by atoms with van der Waals surface area (Å²) in [7, 11) is 0. The summed E-state index contributed by atoms with van der Waals surface area (Å²) in [5.41, 5.74) is 0.310. The summed E-state index contributed by atoms with van der Waals surface area (Å²) in [5, 5.41) is 11.6. The second kappa shape index (κ2) is 6.20. The molecule has 0 aliphatic rings. The number of nitrogens with zero attached hydrogens (tertiary/aromatic N) is 1. The fraction of sp³-hybridized carbons (Fsp3) is 0.222. The minimum absolute atomic E-state index is 0.137. The van der Waals surface area contributed by atoms with Crippen LogP contribution in [0, 0.1) is 0 Å². The largest absolute Gasteiger partial charge is 0.395 e. The number of hydrogen-bond donors (Lipinski definition) is 3. The molecule has 1 aromatic carbocycles. The van der Waals surface area contributed by atoms with E-state index in [0.717, 1.165) is 4.31 Å². The van der Waals surface area contributed by atoms with E-state index in [1.54, 1.807) is 18.2 Å². The van der Waals surface area contributed by atoms with E-state index < -0.39 is 6.03 Å². The lowest BCUT2D eigenvalue weighted by Gasteiger charge is -2.18. The lowest BCUT2D eigenvalue weighted by atomic mass is 10.3. The van der Waals surface area contributed by atoms with Gasteiger partial charge in [-0.15, -0.1) is 0 Å². The third kappa shape index (κ3) is 3.18. The second-order valence-electron chi connectivity index (χ2n) is 2.84. The third-order valence-corrected chi connectivity index (χ3v) is 2.72. The summed E-state index contributed by atoms with van der Waals surface area (Å²) in [6.07, 6.45) is 0. The SMILES string of the molecule is O=C(NCCO)N(S)c1c(Cl)cccc1Cl. The van der Waals surface area contributed by atoms with Gasteiger partial charge < -0.3 is 10.4 Å². The van der Waals surface area contributed by atoms with Gasteiger partial charge in [-0.3, -0.25) is 0 Å². The number of thiol groups is 1. The average Bonchev–Trinajstić information content (AvgIpc) is 2.25. The van der Waals surface area contributed by atoms with Crippen molar-refractivity contribution in [1.29, 1.82) is 0 Å². The minimum Gasteiger partial charge on any atom is -0.395 e. The summed E-state index contributed by atoms with van der Waals surface area (Å²) in [4.78, 5) is 11.5. The number of aliphatic hydroxyl groups is 1. The molecule has 0 aromatic heterocycles. The van der Waals surface area contributed by atoms with Crippen LogP contribution in [0.1, 0.15) is 0 Å². The monoisotopic (exact) mass is 280 g/mol. The van der Waals surface area contributed by atoms with Crippen LogP contribution < -0.4 is 9.62 Å². The van der Waals surface area contributed by atoms with Crippen molar-refractivity contribution < 1.29 is 9.90 Å². The Bertz CT molecular complexity index is 370. The molecule has 2 amide bonds. The lowest BCUT2D eigenvalue weighted by molar-refractivity contribution is 0.243. The molecule has 2 N–H and O–H groups in total. The van der Waals surface area contributed by atoms with Crippen LogP contribution in [-0.2, 0) is 0 Å². The summed E-state index contributed by atoms with van der Waals surface area (Å²) in [6.45, 7) is -0.0123. The first kappa shape index (κ1) is 13.4. The Morgan fingerprint density at radius 2 is 2.00 bits per heavy atom. The van der Waals surface area contributed by atoms with Gasteiger partial charge in [-0.25, -0.2) is 9.10 Å². The van der Waals surface area contributed by atoms with Crippen molar-refractivity contribution in [1.82, 2.24) is 5.32 Å². The molecule has 4 nitrogen and oxygen atoms in total. The maximum absolute atomic E-state index is 11.5. The normalized spacial score (nSPS) is 10.0. The van der Waals surface area contributed by atoms with Crippen LogP contribution in [0.25, 0.3) is 0 Å². The zero-order valence-electron chi connectivity index (χ0n) is 8.15. The number of para-hydroxylation sites is 1. The van der Waals surface area contributed by atoms with Crippen LogP contribution in [-0.4, -0.2) is 24.3 Å². The second-order valence-corrected chi connectivity index (χ2v) is 4.05. The Morgan fingerprint density at radius 1 is 1.44 bits per heavy atom. The van der Waals surface area contributed by atoms with Crippen LogP contribution in [0.15, 0.2) is 18.2 Å². The molecular weight excluding hydrogens is 271 g/mol. The van der Waals surface area contributed by atoms with E-state index in [9.17, 15) is 4.79 Å². The molecule has 0 unspecified atom stereocenters. The van der Waals surface area contributed by atoms with Crippen molar-refractivity contribution in [2.75, 3.05) is 17.5 Å². The zero-order valence-corrected chi connectivity index (χ0v) is 10.6. The zero-order chi connectivity index (χ0) is 12.1. The van der Waals surface area contributed by atoms with E-state index in [-0.39, 0.29) is 13.2 Å². The molecule has 0 saturated heterocycles. The van der Waals surface area contributed by atoms with Crippen molar-refractivity contribution in [3.05, 3.63) is 28.2 Å². The Morgan fingerprint density at radius 3 is 2.50 bits per heavy atom. The third-order valence-electron chi connectivity index (χ3n) is 1.73. The number of hydrogen-bond acceptors (Lipinski definition) is 3. The Balaban J connectivity index is 2.87.